The first-order chi connectivity index (χ1) is 16.0. The number of ether oxygens (including phenoxy) is 1. The summed E-state index contributed by atoms with van der Waals surface area (Å²) in [5.41, 5.74) is 2.01. The number of aromatic nitrogens is 2. The molecule has 1 aliphatic rings. The van der Waals surface area contributed by atoms with E-state index in [0.29, 0.717) is 36.7 Å². The molecule has 2 aromatic carbocycles. The second-order valence-corrected chi connectivity index (χ2v) is 8.95. The molecule has 1 aromatic heterocycles. The van der Waals surface area contributed by atoms with Gasteiger partial charge in [0.1, 0.15) is 11.6 Å². The number of esters is 1. The van der Waals surface area contributed by atoms with Crippen molar-refractivity contribution in [2.75, 3.05) is 18.0 Å². The average molecular weight is 473 g/mol. The van der Waals surface area contributed by atoms with Gasteiger partial charge < -0.3 is 9.64 Å². The van der Waals surface area contributed by atoms with Gasteiger partial charge in [-0.1, -0.05) is 6.07 Å². The Balaban J connectivity index is 1.50. The summed E-state index contributed by atoms with van der Waals surface area (Å²) in [5.74, 6) is 0.845. The topological polar surface area (TPSA) is 58.6 Å². The fourth-order valence-corrected chi connectivity index (χ4v) is 4.54. The molecule has 180 valence electrons. The molecule has 3 aromatic rings. The van der Waals surface area contributed by atoms with E-state index in [1.54, 1.807) is 6.20 Å². The van der Waals surface area contributed by atoms with E-state index >= 15 is 0 Å². The molecule has 4 rings (SSSR count). The summed E-state index contributed by atoms with van der Waals surface area (Å²) in [7, 11) is 0. The van der Waals surface area contributed by atoms with Crippen LogP contribution in [0.5, 0.6) is 5.75 Å². The molecule has 2 heterocycles. The largest absolute Gasteiger partial charge is 0.427 e. The van der Waals surface area contributed by atoms with Crippen molar-refractivity contribution in [3.63, 3.8) is 0 Å². The fraction of sp³-hybridized carbons (Fsp3) is 0.400. The van der Waals surface area contributed by atoms with Crippen LogP contribution in [0.25, 0.3) is 11.0 Å². The van der Waals surface area contributed by atoms with Gasteiger partial charge in [0.05, 0.1) is 22.8 Å². The summed E-state index contributed by atoms with van der Waals surface area (Å²) >= 11 is 0. The molecule has 0 amide bonds. The van der Waals surface area contributed by atoms with E-state index in [9.17, 15) is 18.0 Å². The molecule has 0 bridgehead atoms. The average Bonchev–Trinajstić information content (AvgIpc) is 2.74. The summed E-state index contributed by atoms with van der Waals surface area (Å²) in [5, 5.41) is 0. The molecule has 0 spiro atoms. The van der Waals surface area contributed by atoms with Crippen molar-refractivity contribution in [3.05, 3.63) is 59.3 Å². The lowest BCUT2D eigenvalue weighted by atomic mass is 10.0. The van der Waals surface area contributed by atoms with Crippen LogP contribution in [0.15, 0.2) is 42.6 Å². The van der Waals surface area contributed by atoms with Crippen LogP contribution in [-0.2, 0) is 17.5 Å². The van der Waals surface area contributed by atoms with Crippen molar-refractivity contribution >= 4 is 22.8 Å². The van der Waals surface area contributed by atoms with Crippen molar-refractivity contribution in [1.82, 2.24) is 14.9 Å². The number of benzene rings is 2. The minimum absolute atomic E-state index is 0.187. The van der Waals surface area contributed by atoms with Gasteiger partial charge in [0, 0.05) is 38.6 Å². The Labute approximate surface area is 196 Å². The van der Waals surface area contributed by atoms with Crippen molar-refractivity contribution in [1.29, 1.82) is 0 Å². The number of hydrogen-bond acceptors (Lipinski definition) is 6. The number of carbonyl (C=O) groups is 1. The number of aryl methyl sites for hydroxylation is 1. The number of carbonyl (C=O) groups excluding carboxylic acids is 1. The summed E-state index contributed by atoms with van der Waals surface area (Å²) in [4.78, 5) is 24.7. The van der Waals surface area contributed by atoms with E-state index in [-0.39, 0.29) is 23.6 Å². The zero-order valence-corrected chi connectivity index (χ0v) is 19.6. The molecule has 0 unspecified atom stereocenters. The van der Waals surface area contributed by atoms with Gasteiger partial charge in [-0.05, 0) is 62.2 Å². The van der Waals surface area contributed by atoms with E-state index in [1.807, 2.05) is 19.1 Å². The third-order valence-corrected chi connectivity index (χ3v) is 6.02. The molecule has 2 atom stereocenters. The van der Waals surface area contributed by atoms with Crippen LogP contribution in [0.4, 0.5) is 19.0 Å². The number of nitrogens with zero attached hydrogens (tertiary/aromatic N) is 4. The van der Waals surface area contributed by atoms with Gasteiger partial charge in [-0.2, -0.15) is 13.2 Å². The first kappa shape index (κ1) is 23.9. The smallest absolute Gasteiger partial charge is 0.416 e. The Morgan fingerprint density at radius 2 is 1.79 bits per heavy atom. The Bertz CT molecular complexity index is 1200. The highest BCUT2D eigenvalue weighted by atomic mass is 19.4. The molecule has 6 nitrogen and oxygen atoms in total. The maximum atomic E-state index is 13.0. The first-order valence-corrected chi connectivity index (χ1v) is 11.1. The highest BCUT2D eigenvalue weighted by molar-refractivity contribution is 5.76. The van der Waals surface area contributed by atoms with E-state index in [4.69, 9.17) is 4.74 Å². The third-order valence-electron chi connectivity index (χ3n) is 6.02. The van der Waals surface area contributed by atoms with E-state index < -0.39 is 11.7 Å². The zero-order valence-electron chi connectivity index (χ0n) is 19.6. The SMILES string of the molecule is CC(=O)Oc1cc(C)cc(CN2[C@H](C)CN(c3cnc4cc(C(F)(F)F)ccc4n3)C[C@@H]2C)c1. The molecule has 1 saturated heterocycles. The molecule has 9 heteroatoms. The summed E-state index contributed by atoms with van der Waals surface area (Å²) in [6.07, 6.45) is -2.87. The molecule has 0 aliphatic carbocycles. The van der Waals surface area contributed by atoms with Crippen molar-refractivity contribution in [2.24, 2.45) is 0 Å². The fourth-order valence-electron chi connectivity index (χ4n) is 4.54. The third kappa shape index (κ3) is 5.30. The Kier molecular flexibility index (Phi) is 6.49. The molecule has 34 heavy (non-hydrogen) atoms. The normalized spacial score (nSPS) is 19.4. The predicted octanol–water partition coefficient (Wildman–Crippen LogP) is 4.98. The van der Waals surface area contributed by atoms with E-state index in [2.05, 4.69) is 39.7 Å². The number of alkyl halides is 3. The Morgan fingerprint density at radius 1 is 1.09 bits per heavy atom. The second-order valence-electron chi connectivity index (χ2n) is 8.95. The quantitative estimate of drug-likeness (QED) is 0.394. The van der Waals surface area contributed by atoms with Crippen LogP contribution in [-0.4, -0.2) is 46.0 Å². The van der Waals surface area contributed by atoms with Gasteiger partial charge in [0.25, 0.3) is 0 Å². The van der Waals surface area contributed by atoms with Crippen molar-refractivity contribution in [2.45, 2.75) is 52.5 Å². The maximum absolute atomic E-state index is 13.0. The lowest BCUT2D eigenvalue weighted by Crippen LogP contribution is -2.56. The monoisotopic (exact) mass is 472 g/mol. The van der Waals surface area contributed by atoms with Gasteiger partial charge in [-0.15, -0.1) is 0 Å². The lowest BCUT2D eigenvalue weighted by molar-refractivity contribution is -0.137. The Hall–Kier alpha value is -3.20. The minimum Gasteiger partial charge on any atom is -0.427 e. The van der Waals surface area contributed by atoms with Crippen molar-refractivity contribution < 1.29 is 22.7 Å². The molecule has 1 aliphatic heterocycles. The zero-order chi connectivity index (χ0) is 24.6. The van der Waals surface area contributed by atoms with Crippen LogP contribution in [0, 0.1) is 6.92 Å². The lowest BCUT2D eigenvalue weighted by Gasteiger charge is -2.45. The second kappa shape index (κ2) is 9.21. The number of halogens is 3. The van der Waals surface area contributed by atoms with Gasteiger partial charge in [0.2, 0.25) is 0 Å². The maximum Gasteiger partial charge on any atom is 0.416 e. The van der Waals surface area contributed by atoms with Gasteiger partial charge in [-0.25, -0.2) is 4.98 Å². The molecular weight excluding hydrogens is 445 g/mol. The number of piperazine rings is 1. The number of anilines is 1. The minimum atomic E-state index is -4.41. The van der Waals surface area contributed by atoms with Crippen LogP contribution >= 0.6 is 0 Å². The predicted molar refractivity (Wildman–Crippen MR) is 124 cm³/mol. The standard InChI is InChI=1S/C25H27F3N4O2/c1-15-7-19(9-21(8-15)34-18(4)33)14-32-16(2)12-31(13-17(32)3)24-11-29-23-10-20(25(26,27)28)5-6-22(23)30-24/h5-11,16-17H,12-14H2,1-4H3/t16-,17+. The van der Waals surface area contributed by atoms with Crippen LogP contribution in [0.2, 0.25) is 0 Å². The molecule has 1 fully saturated rings. The summed E-state index contributed by atoms with van der Waals surface area (Å²) in [6.45, 7) is 9.73. The van der Waals surface area contributed by atoms with E-state index in [0.717, 1.165) is 23.3 Å². The van der Waals surface area contributed by atoms with Gasteiger partial charge >= 0.3 is 12.1 Å². The summed E-state index contributed by atoms with van der Waals surface area (Å²) in [6, 6.07) is 9.63. The summed E-state index contributed by atoms with van der Waals surface area (Å²) < 4.78 is 44.2. The van der Waals surface area contributed by atoms with Gasteiger partial charge in [-0.3, -0.25) is 14.7 Å². The van der Waals surface area contributed by atoms with E-state index in [1.165, 1.54) is 13.0 Å². The number of fused-ring (bicyclic) bond motifs is 1. The highest BCUT2D eigenvalue weighted by Crippen LogP contribution is 2.31. The molecule has 0 N–H and O–H groups in total. The first-order valence-electron chi connectivity index (χ1n) is 11.1. The Morgan fingerprint density at radius 3 is 2.44 bits per heavy atom. The van der Waals surface area contributed by atoms with Crippen LogP contribution in [0.1, 0.15) is 37.5 Å². The van der Waals surface area contributed by atoms with Crippen LogP contribution < -0.4 is 9.64 Å². The van der Waals surface area contributed by atoms with Crippen molar-refractivity contribution in [3.8, 4) is 5.75 Å². The number of hydrogen-bond donors (Lipinski definition) is 0. The molecular formula is C25H27F3N4O2. The van der Waals surface area contributed by atoms with Gasteiger partial charge in [0.15, 0.2) is 0 Å². The van der Waals surface area contributed by atoms with Crippen LogP contribution in [0.3, 0.4) is 0 Å². The highest BCUT2D eigenvalue weighted by Gasteiger charge is 2.32. The molecule has 0 saturated carbocycles. The molecule has 0 radical (unpaired) electrons. The number of rotatable bonds is 4.